The van der Waals surface area contributed by atoms with Gasteiger partial charge in [0.2, 0.25) is 0 Å². The summed E-state index contributed by atoms with van der Waals surface area (Å²) in [4.78, 5) is 0. The van der Waals surface area contributed by atoms with E-state index in [2.05, 4.69) is 101 Å². The van der Waals surface area contributed by atoms with Gasteiger partial charge in [0.15, 0.2) is 0 Å². The molecule has 2 aromatic carbocycles. The summed E-state index contributed by atoms with van der Waals surface area (Å²) in [6.07, 6.45) is 3.11. The van der Waals surface area contributed by atoms with E-state index in [4.69, 9.17) is 16.0 Å². The first-order valence-electron chi connectivity index (χ1n) is 9.80. The molecule has 2 aromatic rings. The molecular weight excluding hydrogens is 368 g/mol. The lowest BCUT2D eigenvalue weighted by Crippen LogP contribution is -2.66. The summed E-state index contributed by atoms with van der Waals surface area (Å²) >= 11 is 5.87. The Hall–Kier alpha value is -1.35. The van der Waals surface area contributed by atoms with Crippen molar-refractivity contribution < 1.29 is 4.43 Å². The molecule has 0 aliphatic rings. The minimum Gasteiger partial charge on any atom is -0.407 e. The largest absolute Gasteiger partial charge is 0.407 e. The van der Waals surface area contributed by atoms with Crippen LogP contribution in [0.25, 0.3) is 0 Å². The molecule has 27 heavy (non-hydrogen) atoms. The summed E-state index contributed by atoms with van der Waals surface area (Å²) in [6, 6.07) is 21.7. The van der Waals surface area contributed by atoms with Gasteiger partial charge in [-0.05, 0) is 34.7 Å². The fourth-order valence-electron chi connectivity index (χ4n) is 3.70. The molecule has 0 N–H and O–H groups in total. The first-order chi connectivity index (χ1) is 12.8. The highest BCUT2D eigenvalue weighted by Crippen LogP contribution is 2.37. The predicted molar refractivity (Wildman–Crippen MR) is 122 cm³/mol. The third-order valence-electron chi connectivity index (χ3n) is 5.46. The van der Waals surface area contributed by atoms with Crippen LogP contribution in [0.5, 0.6) is 0 Å². The van der Waals surface area contributed by atoms with E-state index in [0.29, 0.717) is 11.8 Å². The third kappa shape index (κ3) is 5.13. The van der Waals surface area contributed by atoms with Gasteiger partial charge in [-0.3, -0.25) is 0 Å². The molecule has 0 fully saturated rings. The molecule has 0 spiro atoms. The van der Waals surface area contributed by atoms with E-state index in [1.165, 1.54) is 15.9 Å². The Morgan fingerprint density at radius 1 is 1.00 bits per heavy atom. The van der Waals surface area contributed by atoms with Crippen LogP contribution >= 0.6 is 11.6 Å². The molecule has 0 unspecified atom stereocenters. The van der Waals surface area contributed by atoms with Crippen LogP contribution in [0, 0.1) is 5.92 Å². The van der Waals surface area contributed by atoms with Crippen molar-refractivity contribution in [2.75, 3.05) is 12.5 Å². The third-order valence-corrected chi connectivity index (χ3v) is 10.7. The highest BCUT2D eigenvalue weighted by atomic mass is 35.5. The van der Waals surface area contributed by atoms with Crippen molar-refractivity contribution in [3.8, 4) is 0 Å². The lowest BCUT2D eigenvalue weighted by Gasteiger charge is -2.43. The molecule has 2 rings (SSSR count). The Morgan fingerprint density at radius 2 is 1.48 bits per heavy atom. The average Bonchev–Trinajstić information content (AvgIpc) is 2.65. The van der Waals surface area contributed by atoms with Crippen LogP contribution in [0.2, 0.25) is 5.04 Å². The molecule has 146 valence electrons. The summed E-state index contributed by atoms with van der Waals surface area (Å²) in [5.74, 6) is 1.05. The van der Waals surface area contributed by atoms with E-state index in [1.807, 2.05) is 0 Å². The van der Waals surface area contributed by atoms with E-state index in [1.54, 1.807) is 0 Å². The monoisotopic (exact) mass is 400 g/mol. The van der Waals surface area contributed by atoms with Crippen molar-refractivity contribution in [3.63, 3.8) is 0 Å². The maximum Gasteiger partial charge on any atom is 0.261 e. The van der Waals surface area contributed by atoms with Gasteiger partial charge in [-0.25, -0.2) is 0 Å². The van der Waals surface area contributed by atoms with Crippen LogP contribution in [0.4, 0.5) is 0 Å². The lowest BCUT2D eigenvalue weighted by molar-refractivity contribution is 0.276. The molecule has 1 atom stereocenters. The summed E-state index contributed by atoms with van der Waals surface area (Å²) < 4.78 is 6.94. The molecule has 0 saturated carbocycles. The summed E-state index contributed by atoms with van der Waals surface area (Å²) in [7, 11) is -2.41. The van der Waals surface area contributed by atoms with E-state index in [0.717, 1.165) is 13.0 Å². The molecular formula is C24H33ClOSi. The second-order valence-corrected chi connectivity index (χ2v) is 12.9. The van der Waals surface area contributed by atoms with Crippen LogP contribution in [0.3, 0.4) is 0 Å². The van der Waals surface area contributed by atoms with Crippen molar-refractivity contribution in [3.05, 3.63) is 72.3 Å². The van der Waals surface area contributed by atoms with E-state index < -0.39 is 8.32 Å². The zero-order valence-electron chi connectivity index (χ0n) is 17.3. The number of alkyl halides is 1. The molecule has 3 heteroatoms. The standard InChI is InChI=1S/C24H33ClOSi/c1-20(16-18-25)21(2)17-19-26-27(24(3,4)5,22-12-8-6-9-13-22)23-14-10-7-11-15-23/h6-16,21H,17-19H2,1-5H3/b20-16+/t21-/m1/s1. The van der Waals surface area contributed by atoms with Crippen molar-refractivity contribution in [1.29, 1.82) is 0 Å². The smallest absolute Gasteiger partial charge is 0.261 e. The van der Waals surface area contributed by atoms with Crippen LogP contribution in [-0.2, 0) is 4.43 Å². The van der Waals surface area contributed by atoms with Crippen molar-refractivity contribution in [1.82, 2.24) is 0 Å². The van der Waals surface area contributed by atoms with Crippen LogP contribution in [0.1, 0.15) is 41.0 Å². The zero-order chi connectivity index (χ0) is 19.9. The Morgan fingerprint density at radius 3 is 1.89 bits per heavy atom. The first kappa shape index (κ1) is 21.9. The van der Waals surface area contributed by atoms with Gasteiger partial charge >= 0.3 is 0 Å². The van der Waals surface area contributed by atoms with Crippen molar-refractivity contribution in [2.24, 2.45) is 5.92 Å². The average molecular weight is 401 g/mol. The van der Waals surface area contributed by atoms with E-state index in [-0.39, 0.29) is 5.04 Å². The lowest BCUT2D eigenvalue weighted by atomic mass is 10.00. The number of benzene rings is 2. The second-order valence-electron chi connectivity index (χ2n) is 8.30. The quantitative estimate of drug-likeness (QED) is 0.310. The molecule has 0 radical (unpaired) electrons. The number of hydrogen-bond acceptors (Lipinski definition) is 1. The van der Waals surface area contributed by atoms with E-state index in [9.17, 15) is 0 Å². The van der Waals surface area contributed by atoms with Gasteiger partial charge in [-0.1, -0.05) is 100 Å². The molecule has 0 amide bonds. The maximum atomic E-state index is 6.94. The van der Waals surface area contributed by atoms with Gasteiger partial charge in [0.25, 0.3) is 8.32 Å². The highest BCUT2D eigenvalue weighted by Gasteiger charge is 2.49. The fraction of sp³-hybridized carbons (Fsp3) is 0.417. The van der Waals surface area contributed by atoms with Gasteiger partial charge in [0.05, 0.1) is 0 Å². The number of hydrogen-bond donors (Lipinski definition) is 0. The summed E-state index contributed by atoms with van der Waals surface area (Å²) in [5.41, 5.74) is 1.34. The molecule has 0 aliphatic heterocycles. The summed E-state index contributed by atoms with van der Waals surface area (Å²) in [5, 5.41) is 2.70. The van der Waals surface area contributed by atoms with Crippen LogP contribution in [-0.4, -0.2) is 20.8 Å². The fourth-order valence-corrected chi connectivity index (χ4v) is 8.52. The summed E-state index contributed by atoms with van der Waals surface area (Å²) in [6.45, 7) is 12.1. The highest BCUT2D eigenvalue weighted by molar-refractivity contribution is 6.99. The van der Waals surface area contributed by atoms with Gasteiger partial charge < -0.3 is 4.43 Å². The SMILES string of the molecule is C/C(=C\CCl)[C@H](C)CCO[Si](c1ccccc1)(c1ccccc1)C(C)(C)C. The normalized spacial score (nSPS) is 14.2. The van der Waals surface area contributed by atoms with Gasteiger partial charge in [0.1, 0.15) is 0 Å². The molecule has 0 saturated heterocycles. The number of rotatable bonds is 8. The minimum absolute atomic E-state index is 0.0277. The van der Waals surface area contributed by atoms with Crippen LogP contribution in [0.15, 0.2) is 72.3 Å². The van der Waals surface area contributed by atoms with Crippen molar-refractivity contribution in [2.45, 2.75) is 46.1 Å². The number of halogens is 1. The van der Waals surface area contributed by atoms with Gasteiger partial charge in [-0.15, -0.1) is 11.6 Å². The Balaban J connectivity index is 2.40. The minimum atomic E-state index is -2.41. The zero-order valence-corrected chi connectivity index (χ0v) is 19.1. The van der Waals surface area contributed by atoms with Gasteiger partial charge in [0, 0.05) is 12.5 Å². The maximum absolute atomic E-state index is 6.94. The predicted octanol–water partition coefficient (Wildman–Crippen LogP) is 5.77. The molecule has 0 aromatic heterocycles. The molecule has 0 heterocycles. The first-order valence-corrected chi connectivity index (χ1v) is 12.2. The Labute approximate surface area is 171 Å². The Kier molecular flexibility index (Phi) is 7.90. The number of allylic oxidation sites excluding steroid dienone is 2. The second kappa shape index (κ2) is 9.72. The van der Waals surface area contributed by atoms with Crippen molar-refractivity contribution >= 4 is 30.3 Å². The van der Waals surface area contributed by atoms with Crippen LogP contribution < -0.4 is 10.4 Å². The molecule has 1 nitrogen and oxygen atoms in total. The van der Waals surface area contributed by atoms with Gasteiger partial charge in [-0.2, -0.15) is 0 Å². The van der Waals surface area contributed by atoms with E-state index >= 15 is 0 Å². The Bertz CT molecular complexity index is 680. The molecule has 0 bridgehead atoms. The topological polar surface area (TPSA) is 9.23 Å². The molecule has 0 aliphatic carbocycles.